The van der Waals surface area contributed by atoms with Crippen LogP contribution < -0.4 is 5.73 Å². The Labute approximate surface area is 111 Å². The molecule has 2 rings (SSSR count). The second kappa shape index (κ2) is 5.48. The summed E-state index contributed by atoms with van der Waals surface area (Å²) in [4.78, 5) is 11.9. The lowest BCUT2D eigenvalue weighted by molar-refractivity contribution is 0.0460. The minimum atomic E-state index is -0.429. The number of hydrogen-bond acceptors (Lipinski definition) is 4. The van der Waals surface area contributed by atoms with Crippen LogP contribution in [0.5, 0.6) is 5.75 Å². The number of nitrogens with zero attached hydrogens (tertiary/aromatic N) is 1. The summed E-state index contributed by atoms with van der Waals surface area (Å²) in [6.45, 7) is 2.68. The number of esters is 1. The standard InChI is InChI=1S/C14H16N2O3/c1-2-16-8-11(15)7-13(16)14(18)19-9-10-4-3-5-12(17)6-10/h3-8,17H,2,9,15H2,1H3. The largest absolute Gasteiger partial charge is 0.508 e. The number of ether oxygens (including phenoxy) is 1. The van der Waals surface area contributed by atoms with Crippen molar-refractivity contribution >= 4 is 11.7 Å². The quantitative estimate of drug-likeness (QED) is 0.826. The number of benzene rings is 1. The Hall–Kier alpha value is -2.43. The van der Waals surface area contributed by atoms with Gasteiger partial charge < -0.3 is 20.1 Å². The number of nitrogen functional groups attached to an aromatic ring is 1. The second-order valence-corrected chi connectivity index (χ2v) is 4.19. The Balaban J connectivity index is 2.05. The Morgan fingerprint density at radius 3 is 2.89 bits per heavy atom. The molecule has 0 saturated heterocycles. The molecule has 0 saturated carbocycles. The van der Waals surface area contributed by atoms with Crippen molar-refractivity contribution in [2.75, 3.05) is 5.73 Å². The molecule has 0 fully saturated rings. The van der Waals surface area contributed by atoms with Gasteiger partial charge in [-0.15, -0.1) is 0 Å². The van der Waals surface area contributed by atoms with Gasteiger partial charge in [0.05, 0.1) is 5.69 Å². The minimum Gasteiger partial charge on any atom is -0.508 e. The van der Waals surface area contributed by atoms with E-state index in [0.29, 0.717) is 17.9 Å². The molecule has 0 spiro atoms. The summed E-state index contributed by atoms with van der Waals surface area (Å²) in [5.41, 5.74) is 7.35. The van der Waals surface area contributed by atoms with Crippen LogP contribution in [0.1, 0.15) is 23.0 Å². The molecule has 3 N–H and O–H groups in total. The van der Waals surface area contributed by atoms with Gasteiger partial charge in [-0.05, 0) is 30.7 Å². The highest BCUT2D eigenvalue weighted by molar-refractivity contribution is 5.89. The van der Waals surface area contributed by atoms with Crippen molar-refractivity contribution < 1.29 is 14.6 Å². The molecule has 0 amide bonds. The van der Waals surface area contributed by atoms with Gasteiger partial charge in [0, 0.05) is 12.7 Å². The predicted molar refractivity (Wildman–Crippen MR) is 71.7 cm³/mol. The number of aromatic nitrogens is 1. The number of anilines is 1. The van der Waals surface area contributed by atoms with Crippen LogP contribution in [0.25, 0.3) is 0 Å². The maximum Gasteiger partial charge on any atom is 0.355 e. The van der Waals surface area contributed by atoms with Crippen LogP contribution in [0.4, 0.5) is 5.69 Å². The fraction of sp³-hybridized carbons (Fsp3) is 0.214. The van der Waals surface area contributed by atoms with E-state index >= 15 is 0 Å². The van der Waals surface area contributed by atoms with Crippen LogP contribution in [-0.2, 0) is 17.9 Å². The third kappa shape index (κ3) is 3.07. The summed E-state index contributed by atoms with van der Waals surface area (Å²) in [6, 6.07) is 8.19. The molecule has 100 valence electrons. The molecule has 5 heteroatoms. The van der Waals surface area contributed by atoms with Crippen LogP contribution in [0.3, 0.4) is 0 Å². The topological polar surface area (TPSA) is 77.5 Å². The molecule has 0 aliphatic heterocycles. The van der Waals surface area contributed by atoms with Crippen LogP contribution in [0, 0.1) is 0 Å². The van der Waals surface area contributed by atoms with E-state index in [0.717, 1.165) is 5.56 Å². The summed E-state index contributed by atoms with van der Waals surface area (Å²) < 4.78 is 6.93. The summed E-state index contributed by atoms with van der Waals surface area (Å²) in [5.74, 6) is -0.281. The fourth-order valence-electron chi connectivity index (χ4n) is 1.83. The summed E-state index contributed by atoms with van der Waals surface area (Å²) >= 11 is 0. The van der Waals surface area contributed by atoms with Gasteiger partial charge in [-0.25, -0.2) is 4.79 Å². The van der Waals surface area contributed by atoms with Crippen LogP contribution in [0.15, 0.2) is 36.5 Å². The van der Waals surface area contributed by atoms with Gasteiger partial charge in [0.15, 0.2) is 0 Å². The monoisotopic (exact) mass is 260 g/mol. The summed E-state index contributed by atoms with van der Waals surface area (Å²) in [6.07, 6.45) is 1.70. The molecule has 19 heavy (non-hydrogen) atoms. The predicted octanol–water partition coefficient (Wildman–Crippen LogP) is 2.15. The lowest BCUT2D eigenvalue weighted by Crippen LogP contribution is -2.11. The summed E-state index contributed by atoms with van der Waals surface area (Å²) in [7, 11) is 0. The maximum absolute atomic E-state index is 11.9. The number of carbonyl (C=O) groups is 1. The molecular formula is C14H16N2O3. The molecule has 5 nitrogen and oxygen atoms in total. The van der Waals surface area contributed by atoms with E-state index in [1.165, 1.54) is 0 Å². The van der Waals surface area contributed by atoms with Gasteiger partial charge in [-0.3, -0.25) is 0 Å². The van der Waals surface area contributed by atoms with Crippen LogP contribution >= 0.6 is 0 Å². The van der Waals surface area contributed by atoms with E-state index in [1.807, 2.05) is 6.92 Å². The average Bonchev–Trinajstić information content (AvgIpc) is 2.77. The number of carbonyl (C=O) groups excluding carboxylic acids is 1. The normalized spacial score (nSPS) is 10.4. The first-order chi connectivity index (χ1) is 9.10. The first-order valence-electron chi connectivity index (χ1n) is 6.01. The lowest BCUT2D eigenvalue weighted by Gasteiger charge is -2.07. The van der Waals surface area contributed by atoms with Gasteiger partial charge in [0.2, 0.25) is 0 Å². The lowest BCUT2D eigenvalue weighted by atomic mass is 10.2. The van der Waals surface area contributed by atoms with Crippen LogP contribution in [0.2, 0.25) is 0 Å². The van der Waals surface area contributed by atoms with Crippen molar-refractivity contribution in [1.82, 2.24) is 4.57 Å². The number of hydrogen-bond donors (Lipinski definition) is 2. The number of aryl methyl sites for hydroxylation is 1. The van der Waals surface area contributed by atoms with Gasteiger partial charge in [0.25, 0.3) is 0 Å². The van der Waals surface area contributed by atoms with E-state index in [4.69, 9.17) is 10.5 Å². The van der Waals surface area contributed by atoms with E-state index in [-0.39, 0.29) is 12.4 Å². The van der Waals surface area contributed by atoms with Crippen molar-refractivity contribution in [2.24, 2.45) is 0 Å². The number of aromatic hydroxyl groups is 1. The molecule has 0 atom stereocenters. The highest BCUT2D eigenvalue weighted by Gasteiger charge is 2.13. The van der Waals surface area contributed by atoms with E-state index in [9.17, 15) is 9.90 Å². The van der Waals surface area contributed by atoms with Gasteiger partial charge in [0.1, 0.15) is 18.1 Å². The van der Waals surface area contributed by atoms with E-state index in [1.54, 1.807) is 41.1 Å². The molecule has 0 unspecified atom stereocenters. The number of nitrogens with two attached hydrogens (primary N) is 1. The molecule has 1 aromatic heterocycles. The van der Waals surface area contributed by atoms with Crippen molar-refractivity contribution in [1.29, 1.82) is 0 Å². The molecule has 0 bridgehead atoms. The summed E-state index contributed by atoms with van der Waals surface area (Å²) in [5, 5.41) is 9.32. The Morgan fingerprint density at radius 2 is 2.21 bits per heavy atom. The zero-order valence-corrected chi connectivity index (χ0v) is 10.7. The van der Waals surface area contributed by atoms with Gasteiger partial charge in [-0.1, -0.05) is 12.1 Å². The third-order valence-corrected chi connectivity index (χ3v) is 2.75. The van der Waals surface area contributed by atoms with Gasteiger partial charge >= 0.3 is 5.97 Å². The molecule has 1 aromatic carbocycles. The number of phenols is 1. The van der Waals surface area contributed by atoms with Crippen molar-refractivity contribution in [3.8, 4) is 5.75 Å². The second-order valence-electron chi connectivity index (χ2n) is 4.19. The average molecular weight is 260 g/mol. The molecule has 1 heterocycles. The maximum atomic E-state index is 11.9. The smallest absolute Gasteiger partial charge is 0.355 e. The van der Waals surface area contributed by atoms with E-state index in [2.05, 4.69) is 0 Å². The zero-order chi connectivity index (χ0) is 13.8. The Morgan fingerprint density at radius 1 is 1.42 bits per heavy atom. The third-order valence-electron chi connectivity index (χ3n) is 2.75. The Bertz CT molecular complexity index is 590. The van der Waals surface area contributed by atoms with E-state index < -0.39 is 5.97 Å². The Kier molecular flexibility index (Phi) is 3.75. The first kappa shape index (κ1) is 13.0. The first-order valence-corrected chi connectivity index (χ1v) is 6.01. The van der Waals surface area contributed by atoms with Crippen molar-refractivity contribution in [3.05, 3.63) is 47.8 Å². The zero-order valence-electron chi connectivity index (χ0n) is 10.7. The fourth-order valence-corrected chi connectivity index (χ4v) is 1.83. The molecule has 0 aliphatic rings. The van der Waals surface area contributed by atoms with Crippen molar-refractivity contribution in [2.45, 2.75) is 20.1 Å². The minimum absolute atomic E-state index is 0.113. The highest BCUT2D eigenvalue weighted by Crippen LogP contribution is 2.15. The number of phenolic OH excluding ortho intramolecular Hbond substituents is 1. The van der Waals surface area contributed by atoms with Gasteiger partial charge in [-0.2, -0.15) is 0 Å². The highest BCUT2D eigenvalue weighted by atomic mass is 16.5. The SMILES string of the molecule is CCn1cc(N)cc1C(=O)OCc1cccc(O)c1. The van der Waals surface area contributed by atoms with Crippen molar-refractivity contribution in [3.63, 3.8) is 0 Å². The molecular weight excluding hydrogens is 244 g/mol. The number of rotatable bonds is 4. The molecule has 0 aliphatic carbocycles. The molecule has 2 aromatic rings. The molecule has 0 radical (unpaired) electrons. The van der Waals surface area contributed by atoms with Crippen LogP contribution in [-0.4, -0.2) is 15.6 Å².